The molecule has 1 aliphatic carbocycles. The van der Waals surface area contributed by atoms with Crippen LogP contribution in [0.5, 0.6) is 5.88 Å². The molecule has 4 aromatic rings. The van der Waals surface area contributed by atoms with Gasteiger partial charge in [-0.25, -0.2) is 9.97 Å². The summed E-state index contributed by atoms with van der Waals surface area (Å²) in [5.41, 5.74) is 3.95. The fourth-order valence-electron chi connectivity index (χ4n) is 4.10. The summed E-state index contributed by atoms with van der Waals surface area (Å²) in [7, 11) is 1.57. The van der Waals surface area contributed by atoms with Crippen molar-refractivity contribution in [3.05, 3.63) is 42.2 Å². The number of anilines is 1. The molecule has 9 nitrogen and oxygen atoms in total. The first-order valence-corrected chi connectivity index (χ1v) is 11.4. The van der Waals surface area contributed by atoms with Gasteiger partial charge in [-0.05, 0) is 49.4 Å². The number of fused-ring (bicyclic) bond motifs is 2. The Hall–Kier alpha value is -3.24. The Balaban J connectivity index is 1.16. The smallest absolute Gasteiger partial charge is 0.227 e. The molecule has 0 bridgehead atoms. The van der Waals surface area contributed by atoms with Crippen LogP contribution in [-0.2, 0) is 11.3 Å². The first-order chi connectivity index (χ1) is 15.7. The molecule has 1 fully saturated rings. The normalized spacial score (nSPS) is 18.7. The second-order valence-corrected chi connectivity index (χ2v) is 8.67. The summed E-state index contributed by atoms with van der Waals surface area (Å²) in [6.45, 7) is 0.735. The van der Waals surface area contributed by atoms with Crippen molar-refractivity contribution in [3.8, 4) is 5.88 Å². The van der Waals surface area contributed by atoms with Crippen molar-refractivity contribution in [1.29, 1.82) is 0 Å². The molecule has 0 saturated heterocycles. The van der Waals surface area contributed by atoms with Gasteiger partial charge < -0.3 is 15.4 Å². The minimum absolute atomic E-state index is 0.0130. The van der Waals surface area contributed by atoms with Gasteiger partial charge in [-0.1, -0.05) is 4.49 Å². The van der Waals surface area contributed by atoms with Gasteiger partial charge in [-0.2, -0.15) is 0 Å². The zero-order chi connectivity index (χ0) is 21.9. The zero-order valence-corrected chi connectivity index (χ0v) is 18.4. The van der Waals surface area contributed by atoms with E-state index in [-0.39, 0.29) is 11.8 Å². The molecule has 4 aromatic heterocycles. The lowest BCUT2D eigenvalue weighted by molar-refractivity contribution is -0.120. The number of pyridine rings is 3. The third-order valence-electron chi connectivity index (χ3n) is 5.88. The van der Waals surface area contributed by atoms with Gasteiger partial charge in [0.25, 0.3) is 0 Å². The molecule has 4 heterocycles. The molecule has 5 rings (SSSR count). The maximum atomic E-state index is 12.9. The van der Waals surface area contributed by atoms with Crippen LogP contribution in [0.2, 0.25) is 0 Å². The molecule has 164 valence electrons. The number of carbonyl (C=O) groups is 1. The van der Waals surface area contributed by atoms with Crippen molar-refractivity contribution < 1.29 is 9.53 Å². The topological polar surface area (TPSA) is 115 Å². The fraction of sp³-hybridized carbons (Fsp3) is 0.364. The van der Waals surface area contributed by atoms with Crippen LogP contribution in [-0.4, -0.2) is 43.6 Å². The SMILES string of the molecule is COc1ccc2nccc(NC(=O)C3CCC(NCc4cnc5snnc5c4)CC3)c2n1. The highest BCUT2D eigenvalue weighted by molar-refractivity contribution is 7.12. The number of ether oxygens (including phenoxy) is 1. The van der Waals surface area contributed by atoms with E-state index in [1.165, 1.54) is 11.5 Å². The van der Waals surface area contributed by atoms with E-state index in [1.807, 2.05) is 18.3 Å². The highest BCUT2D eigenvalue weighted by atomic mass is 32.1. The van der Waals surface area contributed by atoms with Gasteiger partial charge in [0.1, 0.15) is 11.0 Å². The Morgan fingerprint density at radius 2 is 2.03 bits per heavy atom. The molecule has 1 amide bonds. The molecule has 0 atom stereocenters. The van der Waals surface area contributed by atoms with Crippen LogP contribution in [0, 0.1) is 5.92 Å². The Morgan fingerprint density at radius 3 is 2.88 bits per heavy atom. The van der Waals surface area contributed by atoms with E-state index in [1.54, 1.807) is 25.4 Å². The van der Waals surface area contributed by atoms with Crippen LogP contribution in [0.1, 0.15) is 31.2 Å². The molecule has 32 heavy (non-hydrogen) atoms. The van der Waals surface area contributed by atoms with Gasteiger partial charge in [-0.15, -0.1) is 5.10 Å². The second kappa shape index (κ2) is 9.09. The molecule has 0 spiro atoms. The highest BCUT2D eigenvalue weighted by Crippen LogP contribution is 2.28. The van der Waals surface area contributed by atoms with Crippen LogP contribution in [0.4, 0.5) is 5.69 Å². The van der Waals surface area contributed by atoms with E-state index in [2.05, 4.69) is 35.2 Å². The van der Waals surface area contributed by atoms with Crippen molar-refractivity contribution >= 4 is 44.5 Å². The number of nitrogens with zero attached hydrogens (tertiary/aromatic N) is 5. The van der Waals surface area contributed by atoms with Crippen molar-refractivity contribution in [2.45, 2.75) is 38.3 Å². The predicted molar refractivity (Wildman–Crippen MR) is 123 cm³/mol. The standard InChI is InChI=1S/C22H23N7O2S/c1-31-19-7-6-16-20(27-19)17(8-9-23-16)26-21(30)14-2-4-15(5-3-14)24-11-13-10-18-22(25-12-13)32-29-28-18/h6-10,12,14-15,24H,2-5,11H2,1H3,(H,23,26,30). The quantitative estimate of drug-likeness (QED) is 0.461. The first kappa shape index (κ1) is 20.7. The summed E-state index contributed by atoms with van der Waals surface area (Å²) >= 11 is 1.30. The van der Waals surface area contributed by atoms with E-state index < -0.39 is 0 Å². The molecule has 2 N–H and O–H groups in total. The average Bonchev–Trinajstić information content (AvgIpc) is 3.31. The van der Waals surface area contributed by atoms with Gasteiger partial charge in [0, 0.05) is 48.5 Å². The van der Waals surface area contributed by atoms with Gasteiger partial charge in [0.05, 0.1) is 18.3 Å². The van der Waals surface area contributed by atoms with Crippen molar-refractivity contribution in [2.24, 2.45) is 5.92 Å². The number of aromatic nitrogens is 5. The Morgan fingerprint density at radius 1 is 1.16 bits per heavy atom. The Bertz CT molecular complexity index is 1250. The van der Waals surface area contributed by atoms with E-state index in [4.69, 9.17) is 4.74 Å². The molecule has 0 aliphatic heterocycles. The van der Waals surface area contributed by atoms with Gasteiger partial charge in [-0.3, -0.25) is 9.78 Å². The lowest BCUT2D eigenvalue weighted by Crippen LogP contribution is -2.36. The zero-order valence-electron chi connectivity index (χ0n) is 17.6. The van der Waals surface area contributed by atoms with Crippen molar-refractivity contribution in [1.82, 2.24) is 29.9 Å². The number of hydrogen-bond acceptors (Lipinski definition) is 9. The molecular formula is C22H23N7O2S. The Kier molecular flexibility index (Phi) is 5.87. The van der Waals surface area contributed by atoms with Crippen LogP contribution in [0.25, 0.3) is 21.4 Å². The third kappa shape index (κ3) is 4.37. The van der Waals surface area contributed by atoms with Gasteiger partial charge >= 0.3 is 0 Å². The average molecular weight is 450 g/mol. The van der Waals surface area contributed by atoms with Crippen LogP contribution >= 0.6 is 11.5 Å². The number of amides is 1. The molecule has 1 saturated carbocycles. The number of rotatable bonds is 6. The van der Waals surface area contributed by atoms with Crippen molar-refractivity contribution in [2.75, 3.05) is 12.4 Å². The second-order valence-electron chi connectivity index (χ2n) is 7.94. The highest BCUT2D eigenvalue weighted by Gasteiger charge is 2.26. The van der Waals surface area contributed by atoms with Gasteiger partial charge in [0.15, 0.2) is 4.83 Å². The first-order valence-electron chi connectivity index (χ1n) is 10.6. The van der Waals surface area contributed by atoms with E-state index in [0.717, 1.165) is 53.7 Å². The maximum Gasteiger partial charge on any atom is 0.227 e. The molecular weight excluding hydrogens is 426 g/mol. The lowest BCUT2D eigenvalue weighted by Gasteiger charge is -2.28. The van der Waals surface area contributed by atoms with Crippen LogP contribution in [0.3, 0.4) is 0 Å². The number of carbonyl (C=O) groups excluding carboxylic acids is 1. The fourth-order valence-corrected chi connectivity index (χ4v) is 4.60. The molecule has 10 heteroatoms. The maximum absolute atomic E-state index is 12.9. The largest absolute Gasteiger partial charge is 0.481 e. The minimum Gasteiger partial charge on any atom is -0.481 e. The molecule has 1 aliphatic rings. The van der Waals surface area contributed by atoms with E-state index in [9.17, 15) is 4.79 Å². The summed E-state index contributed by atoms with van der Waals surface area (Å²) in [6, 6.07) is 7.79. The summed E-state index contributed by atoms with van der Waals surface area (Å²) in [5, 5.41) is 10.7. The summed E-state index contributed by atoms with van der Waals surface area (Å²) in [4.78, 5) is 26.9. The third-order valence-corrected chi connectivity index (χ3v) is 6.53. The molecule has 0 aromatic carbocycles. The Labute approximate surface area is 188 Å². The summed E-state index contributed by atoms with van der Waals surface area (Å²) < 4.78 is 9.14. The van der Waals surface area contributed by atoms with E-state index >= 15 is 0 Å². The number of nitrogens with one attached hydrogen (secondary N) is 2. The molecule has 0 radical (unpaired) electrons. The van der Waals surface area contributed by atoms with Crippen molar-refractivity contribution in [3.63, 3.8) is 0 Å². The number of hydrogen-bond donors (Lipinski definition) is 2. The monoisotopic (exact) mass is 449 g/mol. The predicted octanol–water partition coefficient (Wildman–Crippen LogP) is 3.33. The van der Waals surface area contributed by atoms with Crippen LogP contribution < -0.4 is 15.4 Å². The summed E-state index contributed by atoms with van der Waals surface area (Å²) in [5.74, 6) is 0.514. The number of methoxy groups -OCH3 is 1. The summed E-state index contributed by atoms with van der Waals surface area (Å²) in [6.07, 6.45) is 7.15. The van der Waals surface area contributed by atoms with E-state index in [0.29, 0.717) is 23.1 Å². The minimum atomic E-state index is -0.0130. The van der Waals surface area contributed by atoms with Gasteiger partial charge in [0.2, 0.25) is 11.8 Å². The lowest BCUT2D eigenvalue weighted by atomic mass is 9.85. The van der Waals surface area contributed by atoms with Crippen LogP contribution in [0.15, 0.2) is 36.7 Å². The molecule has 0 unspecified atom stereocenters.